The molecule has 1 saturated carbocycles. The fraction of sp³-hybridized carbons (Fsp3) is 0.522. The van der Waals surface area contributed by atoms with E-state index in [0.29, 0.717) is 17.3 Å². The van der Waals surface area contributed by atoms with Gasteiger partial charge in [-0.1, -0.05) is 12.1 Å². The zero-order valence-electron chi connectivity index (χ0n) is 18.7. The largest absolute Gasteiger partial charge is 0.396 e. The summed E-state index contributed by atoms with van der Waals surface area (Å²) >= 11 is 0. The van der Waals surface area contributed by atoms with Gasteiger partial charge in [-0.05, 0) is 55.1 Å². The maximum atomic E-state index is 13.5. The van der Waals surface area contributed by atoms with E-state index in [1.807, 2.05) is 13.0 Å². The average molecular weight is 479 g/mol. The van der Waals surface area contributed by atoms with Gasteiger partial charge >= 0.3 is 10.2 Å². The van der Waals surface area contributed by atoms with Gasteiger partial charge < -0.3 is 5.11 Å². The Morgan fingerprint density at radius 3 is 2.67 bits per heavy atom. The Bertz CT molecular complexity index is 1190. The van der Waals surface area contributed by atoms with Crippen molar-refractivity contribution >= 4 is 21.7 Å². The van der Waals surface area contributed by atoms with E-state index < -0.39 is 22.0 Å². The first kappa shape index (κ1) is 22.5. The lowest BCUT2D eigenvalue weighted by Gasteiger charge is -2.18. The van der Waals surface area contributed by atoms with Gasteiger partial charge in [0.25, 0.3) is 5.92 Å². The lowest BCUT2D eigenvalue weighted by molar-refractivity contribution is 0.101. The van der Waals surface area contributed by atoms with E-state index in [0.717, 1.165) is 51.4 Å². The second-order valence-electron chi connectivity index (χ2n) is 9.43. The Hall–Kier alpha value is -2.30. The molecule has 2 unspecified atom stereocenters. The van der Waals surface area contributed by atoms with Gasteiger partial charge in [0.2, 0.25) is 0 Å². The minimum Gasteiger partial charge on any atom is -0.396 e. The van der Waals surface area contributed by atoms with E-state index in [9.17, 15) is 22.3 Å². The molecule has 0 amide bonds. The second-order valence-corrected chi connectivity index (χ2v) is 11.3. The van der Waals surface area contributed by atoms with Crippen LogP contribution in [0.4, 0.5) is 20.3 Å². The molecule has 0 bridgehead atoms. The third kappa shape index (κ3) is 3.98. The first-order valence-electron chi connectivity index (χ1n) is 11.2. The summed E-state index contributed by atoms with van der Waals surface area (Å²) in [4.78, 5) is 6.96. The highest BCUT2D eigenvalue weighted by Gasteiger charge is 2.59. The van der Waals surface area contributed by atoms with Crippen LogP contribution in [0, 0.1) is 18.8 Å². The Labute approximate surface area is 192 Å². The summed E-state index contributed by atoms with van der Waals surface area (Å²) in [5.41, 5.74) is 4.02. The summed E-state index contributed by atoms with van der Waals surface area (Å²) in [5, 5.41) is 9.39. The van der Waals surface area contributed by atoms with Gasteiger partial charge in [0.15, 0.2) is 5.82 Å². The molecule has 2 aliphatic heterocycles. The SMILES string of the molecule is Cc1ccc(CN2CCC(CO)C2)cc1-c1ccc2c(n1)N(C)S(=O)(=O)N2CC1CC1(F)F. The van der Waals surface area contributed by atoms with E-state index in [1.165, 1.54) is 7.05 Å². The summed E-state index contributed by atoms with van der Waals surface area (Å²) in [6.45, 7) is 4.53. The van der Waals surface area contributed by atoms with Crippen molar-refractivity contribution in [1.82, 2.24) is 9.88 Å². The number of anilines is 2. The number of aromatic nitrogens is 1. The molecule has 7 nitrogen and oxygen atoms in total. The summed E-state index contributed by atoms with van der Waals surface area (Å²) < 4.78 is 54.8. The predicted molar refractivity (Wildman–Crippen MR) is 123 cm³/mol. The molecule has 1 aromatic carbocycles. The van der Waals surface area contributed by atoms with Crippen LogP contribution < -0.4 is 8.61 Å². The van der Waals surface area contributed by atoms with Gasteiger partial charge in [-0.3, -0.25) is 4.90 Å². The molecule has 3 heterocycles. The van der Waals surface area contributed by atoms with Crippen molar-refractivity contribution in [3.63, 3.8) is 0 Å². The number of nitrogens with zero attached hydrogens (tertiary/aromatic N) is 4. The van der Waals surface area contributed by atoms with Gasteiger partial charge in [0.1, 0.15) is 0 Å². The number of aliphatic hydroxyl groups excluding tert-OH is 1. The normalized spacial score (nSPS) is 25.5. The highest BCUT2D eigenvalue weighted by atomic mass is 32.2. The maximum absolute atomic E-state index is 13.5. The molecule has 2 atom stereocenters. The summed E-state index contributed by atoms with van der Waals surface area (Å²) in [5.74, 6) is -3.17. The second kappa shape index (κ2) is 7.89. The van der Waals surface area contributed by atoms with Crippen LogP contribution in [0.5, 0.6) is 0 Å². The zero-order chi connectivity index (χ0) is 23.5. The molecule has 0 radical (unpaired) electrons. The molecule has 1 aromatic heterocycles. The topological polar surface area (TPSA) is 77.0 Å². The Morgan fingerprint density at radius 1 is 1.24 bits per heavy atom. The molecule has 2 fully saturated rings. The number of aryl methyl sites for hydroxylation is 1. The molecule has 178 valence electrons. The monoisotopic (exact) mass is 478 g/mol. The summed E-state index contributed by atoms with van der Waals surface area (Å²) in [6, 6.07) is 9.60. The van der Waals surface area contributed by atoms with E-state index in [4.69, 9.17) is 0 Å². The van der Waals surface area contributed by atoms with E-state index >= 15 is 0 Å². The Balaban J connectivity index is 1.43. The van der Waals surface area contributed by atoms with Crippen LogP contribution in [0.15, 0.2) is 30.3 Å². The van der Waals surface area contributed by atoms with Gasteiger partial charge in [0, 0.05) is 51.2 Å². The standard InChI is InChI=1S/C23H28F2N4O3S/c1-15-3-4-16(11-28-8-7-17(12-28)14-30)9-19(15)20-5-6-21-22(26-20)27(2)33(31,32)29(21)13-18-10-23(18,24)25/h3-6,9,17-18,30H,7-8,10-14H2,1-2H3. The van der Waals surface area contributed by atoms with Crippen LogP contribution >= 0.6 is 0 Å². The quantitative estimate of drug-likeness (QED) is 0.691. The molecule has 10 heteroatoms. The van der Waals surface area contributed by atoms with Crippen molar-refractivity contribution < 1.29 is 22.3 Å². The lowest BCUT2D eigenvalue weighted by atomic mass is 10.0. The number of benzene rings is 1. The van der Waals surface area contributed by atoms with Crippen LogP contribution in [0.2, 0.25) is 0 Å². The first-order valence-corrected chi connectivity index (χ1v) is 12.6. The number of fused-ring (bicyclic) bond motifs is 1. The van der Waals surface area contributed by atoms with Crippen molar-refractivity contribution in [3.8, 4) is 11.3 Å². The molecular formula is C23H28F2N4O3S. The van der Waals surface area contributed by atoms with Crippen molar-refractivity contribution in [1.29, 1.82) is 0 Å². The Morgan fingerprint density at radius 2 is 2.00 bits per heavy atom. The predicted octanol–water partition coefficient (Wildman–Crippen LogP) is 3.03. The van der Waals surface area contributed by atoms with Gasteiger partial charge in [-0.25, -0.2) is 22.4 Å². The number of alkyl halides is 2. The molecular weight excluding hydrogens is 450 g/mol. The third-order valence-electron chi connectivity index (χ3n) is 7.00. The van der Waals surface area contributed by atoms with Crippen molar-refractivity contribution in [2.24, 2.45) is 11.8 Å². The van der Waals surface area contributed by atoms with Gasteiger partial charge in [0.05, 0.1) is 11.4 Å². The van der Waals surface area contributed by atoms with Crippen molar-refractivity contribution in [2.75, 3.05) is 41.9 Å². The highest BCUT2D eigenvalue weighted by Crippen LogP contribution is 2.51. The third-order valence-corrected chi connectivity index (χ3v) is 8.77. The van der Waals surface area contributed by atoms with Crippen LogP contribution in [-0.2, 0) is 16.8 Å². The van der Waals surface area contributed by atoms with Gasteiger partial charge in [-0.15, -0.1) is 0 Å². The summed E-state index contributed by atoms with van der Waals surface area (Å²) in [6.07, 6.45) is 0.706. The molecule has 1 N–H and O–H groups in total. The molecule has 5 rings (SSSR count). The molecule has 1 saturated heterocycles. The molecule has 0 spiro atoms. The number of rotatable bonds is 6. The number of halogens is 2. The van der Waals surface area contributed by atoms with Crippen LogP contribution in [0.3, 0.4) is 0 Å². The van der Waals surface area contributed by atoms with E-state index in [-0.39, 0.29) is 25.4 Å². The molecule has 1 aliphatic carbocycles. The van der Waals surface area contributed by atoms with Gasteiger partial charge in [-0.2, -0.15) is 8.42 Å². The fourth-order valence-corrected chi connectivity index (χ4v) is 6.17. The summed E-state index contributed by atoms with van der Waals surface area (Å²) in [7, 11) is -2.52. The average Bonchev–Trinajstić information content (AvgIpc) is 3.08. The van der Waals surface area contributed by atoms with E-state index in [2.05, 4.69) is 22.0 Å². The van der Waals surface area contributed by atoms with Crippen molar-refractivity contribution in [2.45, 2.75) is 32.2 Å². The highest BCUT2D eigenvalue weighted by molar-refractivity contribution is 7.94. The smallest absolute Gasteiger partial charge is 0.327 e. The minimum absolute atomic E-state index is 0.209. The first-order chi connectivity index (χ1) is 15.6. The maximum Gasteiger partial charge on any atom is 0.327 e. The number of hydrogen-bond acceptors (Lipinski definition) is 5. The molecule has 3 aliphatic rings. The van der Waals surface area contributed by atoms with E-state index in [1.54, 1.807) is 12.1 Å². The van der Waals surface area contributed by atoms with Crippen LogP contribution in [0.1, 0.15) is 24.0 Å². The minimum atomic E-state index is -3.93. The fourth-order valence-electron chi connectivity index (χ4n) is 4.77. The number of likely N-dealkylation sites (tertiary alicyclic amines) is 1. The Kier molecular flexibility index (Phi) is 5.37. The molecule has 33 heavy (non-hydrogen) atoms. The number of pyridine rings is 1. The lowest BCUT2D eigenvalue weighted by Crippen LogP contribution is -2.37. The number of aliphatic hydroxyl groups is 1. The zero-order valence-corrected chi connectivity index (χ0v) is 19.5. The van der Waals surface area contributed by atoms with Crippen molar-refractivity contribution in [3.05, 3.63) is 41.5 Å². The number of hydrogen-bond donors (Lipinski definition) is 1. The van der Waals surface area contributed by atoms with Crippen LogP contribution in [-0.4, -0.2) is 62.6 Å². The van der Waals surface area contributed by atoms with Crippen LogP contribution in [0.25, 0.3) is 11.3 Å². The molecule has 2 aromatic rings.